The fourth-order valence-corrected chi connectivity index (χ4v) is 2.09. The third kappa shape index (κ3) is 5.89. The van der Waals surface area contributed by atoms with E-state index in [2.05, 4.69) is 58.0 Å². The summed E-state index contributed by atoms with van der Waals surface area (Å²) in [7, 11) is 0. The molecular weight excluding hydrogens is 242 g/mol. The van der Waals surface area contributed by atoms with Gasteiger partial charge in [0.15, 0.2) is 0 Å². The summed E-state index contributed by atoms with van der Waals surface area (Å²) < 4.78 is 0. The van der Waals surface area contributed by atoms with Crippen LogP contribution in [0.3, 0.4) is 0 Å². The summed E-state index contributed by atoms with van der Waals surface area (Å²) >= 11 is 0. The van der Waals surface area contributed by atoms with Crippen LogP contribution in [0.5, 0.6) is 0 Å². The summed E-state index contributed by atoms with van der Waals surface area (Å²) in [5.74, 6) is 0.501. The maximum Gasteiger partial charge on any atom is 0.0991 e. The second-order valence-electron chi connectivity index (χ2n) is 5.74. The summed E-state index contributed by atoms with van der Waals surface area (Å²) in [6.07, 6.45) is 7.98. The minimum atomic E-state index is 0.501. The number of allylic oxidation sites excluding steroid dienone is 4. The highest BCUT2D eigenvalue weighted by molar-refractivity contribution is 5.33. The van der Waals surface area contributed by atoms with Crippen molar-refractivity contribution < 1.29 is 0 Å². The van der Waals surface area contributed by atoms with E-state index < -0.39 is 0 Å². The first-order valence-electron chi connectivity index (χ1n) is 7.32. The lowest BCUT2D eigenvalue weighted by molar-refractivity contribution is 0.771. The number of benzene rings is 1. The van der Waals surface area contributed by atoms with Gasteiger partial charge >= 0.3 is 0 Å². The van der Waals surface area contributed by atoms with Crippen LogP contribution in [0.2, 0.25) is 0 Å². The van der Waals surface area contributed by atoms with Gasteiger partial charge in [-0.1, -0.05) is 42.4 Å². The molecule has 0 saturated carbocycles. The molecule has 20 heavy (non-hydrogen) atoms. The summed E-state index contributed by atoms with van der Waals surface area (Å²) in [5.41, 5.74) is 4.89. The quantitative estimate of drug-likeness (QED) is 0.602. The van der Waals surface area contributed by atoms with Crippen LogP contribution in [0, 0.1) is 11.3 Å². The lowest BCUT2D eigenvalue weighted by Gasteiger charge is -2.10. The molecule has 1 rings (SSSR count). The van der Waals surface area contributed by atoms with E-state index in [-0.39, 0.29) is 0 Å². The first-order valence-corrected chi connectivity index (χ1v) is 7.32. The third-order valence-electron chi connectivity index (χ3n) is 3.52. The van der Waals surface area contributed by atoms with Crippen LogP contribution in [0.4, 0.5) is 0 Å². The van der Waals surface area contributed by atoms with Gasteiger partial charge in [0.1, 0.15) is 0 Å². The van der Waals surface area contributed by atoms with E-state index in [1.165, 1.54) is 16.7 Å². The molecule has 0 aliphatic heterocycles. The van der Waals surface area contributed by atoms with Crippen molar-refractivity contribution in [2.75, 3.05) is 0 Å². The third-order valence-corrected chi connectivity index (χ3v) is 3.52. The van der Waals surface area contributed by atoms with Gasteiger partial charge in [0.2, 0.25) is 0 Å². The van der Waals surface area contributed by atoms with Crippen molar-refractivity contribution in [3.8, 4) is 6.07 Å². The first kappa shape index (κ1) is 16.2. The Morgan fingerprint density at radius 2 is 1.80 bits per heavy atom. The van der Waals surface area contributed by atoms with Gasteiger partial charge in [0, 0.05) is 0 Å². The summed E-state index contributed by atoms with van der Waals surface area (Å²) in [5, 5.41) is 8.80. The molecule has 0 aromatic heterocycles. The Morgan fingerprint density at radius 3 is 2.35 bits per heavy atom. The van der Waals surface area contributed by atoms with Crippen LogP contribution in [-0.4, -0.2) is 0 Å². The van der Waals surface area contributed by atoms with Gasteiger partial charge in [-0.25, -0.2) is 0 Å². The Morgan fingerprint density at radius 1 is 1.15 bits per heavy atom. The van der Waals surface area contributed by atoms with Crippen LogP contribution >= 0.6 is 0 Å². The molecule has 106 valence electrons. The monoisotopic (exact) mass is 267 g/mol. The minimum absolute atomic E-state index is 0.501. The summed E-state index contributed by atoms with van der Waals surface area (Å²) in [6.45, 7) is 8.74. The van der Waals surface area contributed by atoms with Crippen molar-refractivity contribution >= 4 is 0 Å². The van der Waals surface area contributed by atoms with Crippen molar-refractivity contribution in [2.24, 2.45) is 0 Å². The molecule has 0 saturated heterocycles. The van der Waals surface area contributed by atoms with Gasteiger partial charge in [-0.3, -0.25) is 0 Å². The second-order valence-corrected chi connectivity index (χ2v) is 5.74. The Bertz CT molecular complexity index is 508. The first-order chi connectivity index (χ1) is 9.52. The van der Waals surface area contributed by atoms with Gasteiger partial charge in [0.25, 0.3) is 0 Å². The zero-order chi connectivity index (χ0) is 15.0. The van der Waals surface area contributed by atoms with Crippen LogP contribution in [0.15, 0.2) is 47.6 Å². The lowest BCUT2D eigenvalue weighted by atomic mass is 9.95. The molecule has 1 nitrogen and oxygen atoms in total. The molecule has 1 aromatic rings. The Hall–Kier alpha value is -1.81. The normalized spacial score (nSPS) is 12.7. The van der Waals surface area contributed by atoms with Crippen molar-refractivity contribution in [3.63, 3.8) is 0 Å². The molecule has 0 aliphatic rings. The van der Waals surface area contributed by atoms with E-state index in [4.69, 9.17) is 5.26 Å². The molecule has 1 aromatic carbocycles. The van der Waals surface area contributed by atoms with Crippen LogP contribution < -0.4 is 0 Å². The SMILES string of the molecule is CC(C)=CCC/C(C)=C/CC(C)c1ccc(C#N)cc1. The smallest absolute Gasteiger partial charge is 0.0991 e. The van der Waals surface area contributed by atoms with Gasteiger partial charge in [0.05, 0.1) is 11.6 Å². The molecule has 0 spiro atoms. The van der Waals surface area contributed by atoms with Gasteiger partial charge in [-0.2, -0.15) is 5.26 Å². The number of nitrogens with zero attached hydrogens (tertiary/aromatic N) is 1. The molecule has 1 heteroatoms. The average molecular weight is 267 g/mol. The number of hydrogen-bond acceptors (Lipinski definition) is 1. The Labute approximate surface area is 123 Å². The fourth-order valence-electron chi connectivity index (χ4n) is 2.09. The van der Waals surface area contributed by atoms with Gasteiger partial charge < -0.3 is 0 Å². The molecule has 1 atom stereocenters. The predicted octanol–water partition coefficient (Wildman–Crippen LogP) is 5.74. The molecular formula is C19H25N. The van der Waals surface area contributed by atoms with E-state index in [1.807, 2.05) is 12.1 Å². The average Bonchev–Trinajstić information content (AvgIpc) is 2.44. The zero-order valence-corrected chi connectivity index (χ0v) is 13.1. The van der Waals surface area contributed by atoms with E-state index in [0.717, 1.165) is 24.8 Å². The highest BCUT2D eigenvalue weighted by Gasteiger charge is 2.04. The highest BCUT2D eigenvalue weighted by Crippen LogP contribution is 2.21. The number of nitriles is 1. The van der Waals surface area contributed by atoms with E-state index in [9.17, 15) is 0 Å². The van der Waals surface area contributed by atoms with Gasteiger partial charge in [-0.05, 0) is 63.6 Å². The zero-order valence-electron chi connectivity index (χ0n) is 13.1. The van der Waals surface area contributed by atoms with E-state index in [0.29, 0.717) is 5.92 Å². The molecule has 0 aliphatic carbocycles. The largest absolute Gasteiger partial charge is 0.192 e. The van der Waals surface area contributed by atoms with Crippen LogP contribution in [-0.2, 0) is 0 Å². The number of hydrogen-bond donors (Lipinski definition) is 0. The molecule has 0 bridgehead atoms. The molecule has 0 heterocycles. The van der Waals surface area contributed by atoms with Gasteiger partial charge in [-0.15, -0.1) is 0 Å². The van der Waals surface area contributed by atoms with E-state index >= 15 is 0 Å². The predicted molar refractivity (Wildman–Crippen MR) is 86.6 cm³/mol. The highest BCUT2D eigenvalue weighted by atomic mass is 14.2. The minimum Gasteiger partial charge on any atom is -0.192 e. The molecule has 0 fully saturated rings. The molecule has 0 N–H and O–H groups in total. The van der Waals surface area contributed by atoms with E-state index in [1.54, 1.807) is 0 Å². The second kappa shape index (κ2) is 8.38. The topological polar surface area (TPSA) is 23.8 Å². The van der Waals surface area contributed by atoms with Crippen molar-refractivity contribution in [3.05, 3.63) is 58.7 Å². The van der Waals surface area contributed by atoms with Crippen molar-refractivity contribution in [1.82, 2.24) is 0 Å². The molecule has 1 unspecified atom stereocenters. The maximum absolute atomic E-state index is 8.80. The maximum atomic E-state index is 8.80. The number of rotatable bonds is 6. The molecule has 0 radical (unpaired) electrons. The summed E-state index contributed by atoms with van der Waals surface area (Å²) in [4.78, 5) is 0. The fraction of sp³-hybridized carbons (Fsp3) is 0.421. The van der Waals surface area contributed by atoms with Crippen molar-refractivity contribution in [2.45, 2.75) is 52.9 Å². The molecule has 0 amide bonds. The van der Waals surface area contributed by atoms with Crippen LogP contribution in [0.25, 0.3) is 0 Å². The summed E-state index contributed by atoms with van der Waals surface area (Å²) in [6, 6.07) is 10.1. The Kier molecular flexibility index (Phi) is 6.81. The lowest BCUT2D eigenvalue weighted by Crippen LogP contribution is -1.92. The van der Waals surface area contributed by atoms with Crippen LogP contribution in [0.1, 0.15) is 64.0 Å². The Balaban J connectivity index is 2.50. The standard InChI is InChI=1S/C19H25N/c1-15(2)6-5-7-16(3)8-9-17(4)19-12-10-18(14-20)11-13-19/h6,8,10-13,17H,5,7,9H2,1-4H3/b16-8+. The van der Waals surface area contributed by atoms with Crippen molar-refractivity contribution in [1.29, 1.82) is 5.26 Å².